The van der Waals surface area contributed by atoms with Gasteiger partial charge >= 0.3 is 11.9 Å². The maximum absolute atomic E-state index is 12.3. The highest BCUT2D eigenvalue weighted by atomic mass is 16.7. The fourth-order valence-electron chi connectivity index (χ4n) is 3.06. The van der Waals surface area contributed by atoms with Crippen LogP contribution in [-0.2, 0) is 19.0 Å². The van der Waals surface area contributed by atoms with Crippen molar-refractivity contribution in [1.29, 1.82) is 0 Å². The number of phenolic OH excluding ortho intramolecular Hbond substituents is 1. The predicted octanol–water partition coefficient (Wildman–Crippen LogP) is 5.32. The van der Waals surface area contributed by atoms with Crippen LogP contribution in [0, 0.1) is 5.92 Å². The number of hydrogen-bond donors (Lipinski definition) is 1. The summed E-state index contributed by atoms with van der Waals surface area (Å²) in [5.41, 5.74) is 1.95. The number of benzene rings is 3. The Labute approximate surface area is 228 Å². The van der Waals surface area contributed by atoms with Gasteiger partial charge in [0.1, 0.15) is 23.9 Å². The number of aromatic hydroxyl groups is 1. The van der Waals surface area contributed by atoms with E-state index < -0.39 is 5.97 Å². The number of carbonyl (C=O) groups excluding carboxylic acids is 2. The lowest BCUT2D eigenvalue weighted by atomic mass is 10.1. The summed E-state index contributed by atoms with van der Waals surface area (Å²) in [6, 6.07) is 20.0. The van der Waals surface area contributed by atoms with Gasteiger partial charge in [0.2, 0.25) is 0 Å². The fourth-order valence-corrected chi connectivity index (χ4v) is 3.06. The number of hydrogen-bond acceptors (Lipinski definition) is 9. The second-order valence-electron chi connectivity index (χ2n) is 8.52. The van der Waals surface area contributed by atoms with E-state index >= 15 is 0 Å². The molecule has 0 amide bonds. The summed E-state index contributed by atoms with van der Waals surface area (Å²) in [6.07, 6.45) is 2.46. The van der Waals surface area contributed by atoms with Gasteiger partial charge in [-0.2, -0.15) is 0 Å². The smallest absolute Gasteiger partial charge is 0.343 e. The van der Waals surface area contributed by atoms with Crippen LogP contribution in [0.3, 0.4) is 0 Å². The van der Waals surface area contributed by atoms with Crippen LogP contribution in [0.2, 0.25) is 0 Å². The van der Waals surface area contributed by atoms with Crippen molar-refractivity contribution in [2.75, 3.05) is 33.2 Å². The molecule has 1 N–H and O–H groups in total. The molecule has 0 heterocycles. The maximum Gasteiger partial charge on any atom is 0.343 e. The topological polar surface area (TPSA) is 113 Å². The molecule has 3 aromatic rings. The van der Waals surface area contributed by atoms with Gasteiger partial charge in [-0.1, -0.05) is 13.8 Å². The molecule has 0 aromatic heterocycles. The third-order valence-electron chi connectivity index (χ3n) is 5.56. The summed E-state index contributed by atoms with van der Waals surface area (Å²) < 4.78 is 26.7. The zero-order chi connectivity index (χ0) is 27.9. The van der Waals surface area contributed by atoms with Gasteiger partial charge in [-0.15, -0.1) is 0 Å². The average Bonchev–Trinajstić information content (AvgIpc) is 2.96. The Morgan fingerprint density at radius 1 is 0.846 bits per heavy atom. The maximum atomic E-state index is 12.3. The Morgan fingerprint density at radius 3 is 2.18 bits per heavy atom. The molecule has 39 heavy (non-hydrogen) atoms. The van der Waals surface area contributed by atoms with Crippen molar-refractivity contribution in [3.8, 4) is 17.2 Å². The number of rotatable bonds is 15. The number of carbonyl (C=O) groups is 2. The van der Waals surface area contributed by atoms with Crippen LogP contribution < -0.4 is 9.47 Å². The molecule has 1 atom stereocenters. The largest absolute Gasteiger partial charge is 0.508 e. The molecule has 0 saturated carbocycles. The zero-order valence-electron chi connectivity index (χ0n) is 22.1. The number of nitrogens with zero attached hydrogens (tertiary/aromatic N) is 1. The van der Waals surface area contributed by atoms with Crippen LogP contribution in [0.25, 0.3) is 0 Å². The zero-order valence-corrected chi connectivity index (χ0v) is 22.1. The summed E-state index contributed by atoms with van der Waals surface area (Å²) in [4.78, 5) is 28.2. The Hall–Kier alpha value is -4.21. The highest BCUT2D eigenvalue weighted by Crippen LogP contribution is 2.19. The molecule has 206 valence electrons. The number of ether oxygens (including phenoxy) is 5. The Bertz CT molecular complexity index is 1190. The van der Waals surface area contributed by atoms with E-state index in [1.54, 1.807) is 30.5 Å². The molecule has 0 aliphatic heterocycles. The van der Waals surface area contributed by atoms with Crippen LogP contribution in [0.15, 0.2) is 77.8 Å². The number of phenols is 1. The molecule has 9 nitrogen and oxygen atoms in total. The highest BCUT2D eigenvalue weighted by Gasteiger charge is 2.11. The number of esters is 2. The van der Waals surface area contributed by atoms with Crippen molar-refractivity contribution < 1.29 is 38.4 Å². The standard InChI is InChI=1S/C30H33NO8/c1-3-22(2)29(33)37-19-18-35-16-17-36-21-38-27-12-4-23(5-13-27)20-31-25-8-6-24(7-9-25)30(34)39-28-14-10-26(32)11-15-28/h4-15,20,22,32H,3,16-19,21H2,1-2H3. The third-order valence-corrected chi connectivity index (χ3v) is 5.56. The normalized spacial score (nSPS) is 11.7. The summed E-state index contributed by atoms with van der Waals surface area (Å²) in [5.74, 6) is 0.305. The Balaban J connectivity index is 1.31. The van der Waals surface area contributed by atoms with E-state index in [1.807, 2.05) is 38.1 Å². The van der Waals surface area contributed by atoms with E-state index in [9.17, 15) is 14.7 Å². The first-order chi connectivity index (χ1) is 18.9. The van der Waals surface area contributed by atoms with Crippen LogP contribution in [0.4, 0.5) is 5.69 Å². The molecule has 3 rings (SSSR count). The van der Waals surface area contributed by atoms with Crippen LogP contribution >= 0.6 is 0 Å². The van der Waals surface area contributed by atoms with E-state index in [0.717, 1.165) is 12.0 Å². The second kappa shape index (κ2) is 15.9. The minimum atomic E-state index is -0.497. The quantitative estimate of drug-likeness (QED) is 0.0915. The molecule has 0 radical (unpaired) electrons. The van der Waals surface area contributed by atoms with Gasteiger partial charge in [0, 0.05) is 6.21 Å². The minimum Gasteiger partial charge on any atom is -0.508 e. The van der Waals surface area contributed by atoms with Crippen molar-refractivity contribution in [2.24, 2.45) is 10.9 Å². The monoisotopic (exact) mass is 535 g/mol. The van der Waals surface area contributed by atoms with Gasteiger partial charge < -0.3 is 28.8 Å². The van der Waals surface area contributed by atoms with E-state index in [0.29, 0.717) is 42.6 Å². The number of aliphatic imine (C=N–C) groups is 1. The molecule has 0 aliphatic rings. The van der Waals surface area contributed by atoms with Gasteiger partial charge in [0.15, 0.2) is 6.79 Å². The van der Waals surface area contributed by atoms with E-state index in [1.165, 1.54) is 24.3 Å². The average molecular weight is 536 g/mol. The van der Waals surface area contributed by atoms with Crippen molar-refractivity contribution in [3.05, 3.63) is 83.9 Å². The van der Waals surface area contributed by atoms with E-state index in [2.05, 4.69) is 4.99 Å². The van der Waals surface area contributed by atoms with Crippen molar-refractivity contribution in [2.45, 2.75) is 20.3 Å². The van der Waals surface area contributed by atoms with Crippen LogP contribution in [0.5, 0.6) is 17.2 Å². The molecular weight excluding hydrogens is 502 g/mol. The molecular formula is C30H33NO8. The molecule has 0 fully saturated rings. The van der Waals surface area contributed by atoms with Crippen molar-refractivity contribution >= 4 is 23.8 Å². The van der Waals surface area contributed by atoms with Gasteiger partial charge in [-0.05, 0) is 84.8 Å². The van der Waals surface area contributed by atoms with Gasteiger partial charge in [-0.3, -0.25) is 9.79 Å². The predicted molar refractivity (Wildman–Crippen MR) is 146 cm³/mol. The van der Waals surface area contributed by atoms with Crippen molar-refractivity contribution in [3.63, 3.8) is 0 Å². The first-order valence-electron chi connectivity index (χ1n) is 12.6. The second-order valence-corrected chi connectivity index (χ2v) is 8.52. The summed E-state index contributed by atoms with van der Waals surface area (Å²) in [5, 5.41) is 9.31. The lowest BCUT2D eigenvalue weighted by molar-refractivity contribution is -0.149. The molecule has 0 spiro atoms. The lowest BCUT2D eigenvalue weighted by Crippen LogP contribution is -2.18. The molecule has 3 aromatic carbocycles. The molecule has 0 bridgehead atoms. The molecule has 9 heteroatoms. The van der Waals surface area contributed by atoms with Gasteiger partial charge in [0.25, 0.3) is 0 Å². The summed E-state index contributed by atoms with van der Waals surface area (Å²) in [6.45, 7) is 5.16. The molecule has 0 aliphatic carbocycles. The summed E-state index contributed by atoms with van der Waals surface area (Å²) >= 11 is 0. The lowest BCUT2D eigenvalue weighted by Gasteiger charge is -2.10. The van der Waals surface area contributed by atoms with Gasteiger partial charge in [0.05, 0.1) is 37.0 Å². The SMILES string of the molecule is CCC(C)C(=O)OCCOCCOCOc1ccc(C=Nc2ccc(C(=O)Oc3ccc(O)cc3)cc2)cc1. The first-order valence-corrected chi connectivity index (χ1v) is 12.6. The Morgan fingerprint density at radius 2 is 1.49 bits per heavy atom. The van der Waals surface area contributed by atoms with Crippen LogP contribution in [0.1, 0.15) is 36.2 Å². The highest BCUT2D eigenvalue weighted by molar-refractivity contribution is 5.91. The fraction of sp³-hybridized carbons (Fsp3) is 0.300. The van der Waals surface area contributed by atoms with Gasteiger partial charge in [-0.25, -0.2) is 4.79 Å². The summed E-state index contributed by atoms with van der Waals surface area (Å²) in [7, 11) is 0. The van der Waals surface area contributed by atoms with Crippen LogP contribution in [-0.4, -0.2) is 56.5 Å². The minimum absolute atomic E-state index is 0.0846. The van der Waals surface area contributed by atoms with E-state index in [-0.39, 0.29) is 31.0 Å². The molecule has 1 unspecified atom stereocenters. The Kier molecular flexibility index (Phi) is 12.0. The first kappa shape index (κ1) is 29.3. The third kappa shape index (κ3) is 10.6. The van der Waals surface area contributed by atoms with E-state index in [4.69, 9.17) is 23.7 Å². The molecule has 0 saturated heterocycles. The van der Waals surface area contributed by atoms with Crippen molar-refractivity contribution in [1.82, 2.24) is 0 Å².